The third-order valence-electron chi connectivity index (χ3n) is 11.8. The average Bonchev–Trinajstić information content (AvgIpc) is 3.66. The number of nitrogens with zero attached hydrogens (tertiary/aromatic N) is 1. The summed E-state index contributed by atoms with van der Waals surface area (Å²) >= 11 is 1.87. The number of hydrogen-bond donors (Lipinski definition) is 0. The molecule has 0 saturated carbocycles. The number of fused-ring (bicyclic) bond motifs is 6. The maximum atomic E-state index is 2.52. The number of hydrogen-bond acceptors (Lipinski definition) is 2. The highest BCUT2D eigenvalue weighted by Crippen LogP contribution is 2.57. The van der Waals surface area contributed by atoms with Gasteiger partial charge in [0.25, 0.3) is 0 Å². The van der Waals surface area contributed by atoms with Gasteiger partial charge < -0.3 is 4.90 Å². The van der Waals surface area contributed by atoms with Gasteiger partial charge >= 0.3 is 0 Å². The van der Waals surface area contributed by atoms with Crippen LogP contribution in [0.4, 0.5) is 17.1 Å². The van der Waals surface area contributed by atoms with Crippen molar-refractivity contribution in [2.75, 3.05) is 4.90 Å². The Hall–Kier alpha value is -5.44. The van der Waals surface area contributed by atoms with Crippen LogP contribution in [-0.4, -0.2) is 0 Å². The van der Waals surface area contributed by atoms with Crippen molar-refractivity contribution >= 4 is 48.6 Å². The summed E-state index contributed by atoms with van der Waals surface area (Å²) in [6, 6.07) is 56.7. The molecule has 55 heavy (non-hydrogen) atoms. The number of thiophene rings is 1. The van der Waals surface area contributed by atoms with Crippen molar-refractivity contribution in [3.63, 3.8) is 0 Å². The predicted octanol–water partition coefficient (Wildman–Crippen LogP) is 15.8. The Morgan fingerprint density at radius 2 is 1.09 bits per heavy atom. The van der Waals surface area contributed by atoms with Crippen molar-refractivity contribution in [3.8, 4) is 33.4 Å². The second-order valence-corrected chi connectivity index (χ2v) is 18.9. The van der Waals surface area contributed by atoms with E-state index in [9.17, 15) is 0 Å². The Kier molecular flexibility index (Phi) is 8.22. The molecule has 9 rings (SSSR count). The molecular formula is C53H49NS. The molecule has 0 aliphatic heterocycles. The van der Waals surface area contributed by atoms with Crippen molar-refractivity contribution in [2.45, 2.75) is 71.6 Å². The normalized spacial score (nSPS) is 13.6. The molecule has 8 aromatic rings. The highest BCUT2D eigenvalue weighted by molar-refractivity contribution is 7.25. The topological polar surface area (TPSA) is 3.24 Å². The van der Waals surface area contributed by atoms with Crippen LogP contribution in [0.15, 0.2) is 152 Å². The molecule has 1 nitrogen and oxygen atoms in total. The molecule has 7 aromatic carbocycles. The first kappa shape index (κ1) is 35.3. The smallest absolute Gasteiger partial charge is 0.0540 e. The SMILES string of the molecule is CC(C)(C)c1cc(C(C)(C)C)c2c(c1)C(C)(C)c1cccc(-c3ccccc3N(c3ccc4sc5ccccc5c4c3)c3ccccc3-c3ccccc3)c1-2. The molecule has 0 spiro atoms. The lowest BCUT2D eigenvalue weighted by Gasteiger charge is -2.31. The summed E-state index contributed by atoms with van der Waals surface area (Å²) < 4.78 is 2.62. The zero-order chi connectivity index (χ0) is 38.3. The van der Waals surface area contributed by atoms with Crippen LogP contribution in [0.2, 0.25) is 0 Å². The fourth-order valence-electron chi connectivity index (χ4n) is 8.83. The lowest BCUT2D eigenvalue weighted by molar-refractivity contribution is 0.564. The van der Waals surface area contributed by atoms with Crippen LogP contribution < -0.4 is 4.90 Å². The van der Waals surface area contributed by atoms with Crippen LogP contribution in [0.3, 0.4) is 0 Å². The van der Waals surface area contributed by atoms with Gasteiger partial charge in [-0.05, 0) is 91.7 Å². The van der Waals surface area contributed by atoms with E-state index in [-0.39, 0.29) is 16.2 Å². The Morgan fingerprint density at radius 1 is 0.473 bits per heavy atom. The molecule has 0 fully saturated rings. The summed E-state index contributed by atoms with van der Waals surface area (Å²) in [5, 5.41) is 2.59. The lowest BCUT2D eigenvalue weighted by atomic mass is 9.74. The summed E-state index contributed by atoms with van der Waals surface area (Å²) in [7, 11) is 0. The van der Waals surface area contributed by atoms with Gasteiger partial charge in [0.05, 0.1) is 11.4 Å². The Balaban J connectivity index is 1.35. The van der Waals surface area contributed by atoms with E-state index in [2.05, 4.69) is 212 Å². The number of anilines is 3. The first-order valence-electron chi connectivity index (χ1n) is 19.6. The first-order valence-corrected chi connectivity index (χ1v) is 20.4. The zero-order valence-electron chi connectivity index (χ0n) is 33.3. The van der Waals surface area contributed by atoms with Crippen molar-refractivity contribution in [1.82, 2.24) is 0 Å². The quantitative estimate of drug-likeness (QED) is 0.170. The number of benzene rings is 7. The molecule has 0 atom stereocenters. The third-order valence-corrected chi connectivity index (χ3v) is 12.9. The van der Waals surface area contributed by atoms with E-state index in [4.69, 9.17) is 0 Å². The Morgan fingerprint density at radius 3 is 1.82 bits per heavy atom. The summed E-state index contributed by atoms with van der Waals surface area (Å²) in [6.45, 7) is 19.0. The molecule has 1 aliphatic carbocycles. The second-order valence-electron chi connectivity index (χ2n) is 17.8. The van der Waals surface area contributed by atoms with Gasteiger partial charge in [0.1, 0.15) is 0 Å². The van der Waals surface area contributed by atoms with E-state index < -0.39 is 0 Å². The van der Waals surface area contributed by atoms with E-state index in [0.29, 0.717) is 0 Å². The van der Waals surface area contributed by atoms with Crippen molar-refractivity contribution < 1.29 is 0 Å². The molecule has 0 saturated heterocycles. The highest BCUT2D eigenvalue weighted by atomic mass is 32.1. The summed E-state index contributed by atoms with van der Waals surface area (Å²) in [4.78, 5) is 2.51. The van der Waals surface area contributed by atoms with Gasteiger partial charge in [0, 0.05) is 42.4 Å². The molecule has 0 amide bonds. The van der Waals surface area contributed by atoms with Crippen molar-refractivity contribution in [2.24, 2.45) is 0 Å². The molecule has 0 radical (unpaired) electrons. The van der Waals surface area contributed by atoms with E-state index in [1.165, 1.54) is 75.8 Å². The lowest BCUT2D eigenvalue weighted by Crippen LogP contribution is -2.21. The monoisotopic (exact) mass is 731 g/mol. The number of para-hydroxylation sites is 2. The standard InChI is InChI=1S/C53H49NS/c1-51(2,3)35-31-43(52(4,5)6)50-44(32-35)53(7,8)42-25-18-24-40(49(42)50)38-22-13-16-27-46(38)54(45-26-15-12-21-37(45)34-19-10-9-11-20-34)36-29-30-48-41(33-36)39-23-14-17-28-47(39)55-48/h9-33H,1-8H3. The largest absolute Gasteiger partial charge is 0.309 e. The van der Waals surface area contributed by atoms with Gasteiger partial charge in [-0.3, -0.25) is 0 Å². The van der Waals surface area contributed by atoms with Crippen LogP contribution in [0.25, 0.3) is 53.6 Å². The minimum Gasteiger partial charge on any atom is -0.309 e. The average molecular weight is 732 g/mol. The van der Waals surface area contributed by atoms with Gasteiger partial charge in [-0.25, -0.2) is 0 Å². The van der Waals surface area contributed by atoms with Crippen LogP contribution in [0.5, 0.6) is 0 Å². The van der Waals surface area contributed by atoms with Gasteiger partial charge in [0.2, 0.25) is 0 Å². The van der Waals surface area contributed by atoms with Gasteiger partial charge in [-0.2, -0.15) is 0 Å². The molecular weight excluding hydrogens is 683 g/mol. The first-order chi connectivity index (χ1) is 26.3. The fourth-order valence-corrected chi connectivity index (χ4v) is 9.92. The molecule has 1 heterocycles. The highest BCUT2D eigenvalue weighted by Gasteiger charge is 2.41. The number of rotatable bonds is 5. The van der Waals surface area contributed by atoms with Crippen LogP contribution in [0, 0.1) is 0 Å². The summed E-state index contributed by atoms with van der Waals surface area (Å²) in [6.07, 6.45) is 0. The van der Waals surface area contributed by atoms with Gasteiger partial charge in [-0.1, -0.05) is 171 Å². The van der Waals surface area contributed by atoms with Gasteiger partial charge in [0.15, 0.2) is 0 Å². The Bertz CT molecular complexity index is 2750. The summed E-state index contributed by atoms with van der Waals surface area (Å²) in [5.41, 5.74) is 16.6. The van der Waals surface area contributed by atoms with Gasteiger partial charge in [-0.15, -0.1) is 11.3 Å². The Labute approximate surface area is 330 Å². The van der Waals surface area contributed by atoms with E-state index >= 15 is 0 Å². The molecule has 1 aliphatic rings. The molecule has 272 valence electrons. The predicted molar refractivity (Wildman–Crippen MR) is 240 cm³/mol. The minimum absolute atomic E-state index is 0.0385. The zero-order valence-corrected chi connectivity index (χ0v) is 34.1. The van der Waals surface area contributed by atoms with Crippen molar-refractivity contribution in [1.29, 1.82) is 0 Å². The van der Waals surface area contributed by atoms with Crippen LogP contribution >= 0.6 is 11.3 Å². The fraction of sp³-hybridized carbons (Fsp3) is 0.208. The molecule has 0 N–H and O–H groups in total. The van der Waals surface area contributed by atoms with E-state index in [0.717, 1.165) is 17.1 Å². The van der Waals surface area contributed by atoms with Crippen LogP contribution in [0.1, 0.15) is 77.6 Å². The van der Waals surface area contributed by atoms with Crippen molar-refractivity contribution in [3.05, 3.63) is 174 Å². The summed E-state index contributed by atoms with van der Waals surface area (Å²) in [5.74, 6) is 0. The van der Waals surface area contributed by atoms with Crippen LogP contribution in [-0.2, 0) is 16.2 Å². The molecule has 1 aromatic heterocycles. The second kappa shape index (κ2) is 12.8. The maximum Gasteiger partial charge on any atom is 0.0540 e. The van der Waals surface area contributed by atoms with E-state index in [1.54, 1.807) is 0 Å². The molecule has 2 heteroatoms. The molecule has 0 bridgehead atoms. The van der Waals surface area contributed by atoms with E-state index in [1.807, 2.05) is 11.3 Å². The third kappa shape index (κ3) is 5.81. The maximum absolute atomic E-state index is 2.52. The molecule has 0 unspecified atom stereocenters. The minimum atomic E-state index is -0.151.